The molecule has 0 heterocycles. The highest BCUT2D eigenvalue weighted by Crippen LogP contribution is 2.29. The van der Waals surface area contributed by atoms with Crippen LogP contribution in [0.1, 0.15) is 0 Å². The Balaban J connectivity index is 5.10. The van der Waals surface area contributed by atoms with Crippen molar-refractivity contribution in [2.45, 2.75) is 0 Å². The van der Waals surface area contributed by atoms with Crippen LogP contribution in [0.3, 0.4) is 0 Å². The molecule has 0 N–H and O–H groups in total. The highest BCUT2D eigenvalue weighted by atomic mass is 32.2. The van der Waals surface area contributed by atoms with Crippen molar-refractivity contribution in [2.24, 2.45) is 0 Å². The van der Waals surface area contributed by atoms with Gasteiger partial charge in [0.25, 0.3) is 0 Å². The molecule has 8 heteroatoms. The summed E-state index contributed by atoms with van der Waals surface area (Å²) in [6.45, 7) is 0. The number of thiocarbonyl (C=S) groups is 2. The van der Waals surface area contributed by atoms with E-state index in [9.17, 15) is 0 Å². The van der Waals surface area contributed by atoms with Crippen LogP contribution in [0.2, 0.25) is 0 Å². The topological polar surface area (TPSA) is 54.1 Å². The van der Waals surface area contributed by atoms with E-state index in [1.807, 2.05) is 12.1 Å². The van der Waals surface area contributed by atoms with Crippen molar-refractivity contribution in [3.05, 3.63) is 9.81 Å². The van der Waals surface area contributed by atoms with Crippen LogP contribution >= 0.6 is 48.0 Å². The smallest absolute Gasteiger partial charge is 0.141 e. The maximum Gasteiger partial charge on any atom is 0.141 e. The minimum Gasteiger partial charge on any atom is -0.363 e. The lowest BCUT2D eigenvalue weighted by molar-refractivity contribution is 0.648. The largest absolute Gasteiger partial charge is 0.363 e. The molecular formula is C10H12N4S4. The third-order valence-corrected chi connectivity index (χ3v) is 4.96. The molecule has 0 aromatic heterocycles. The van der Waals surface area contributed by atoms with Crippen LogP contribution < -0.4 is 0 Å². The van der Waals surface area contributed by atoms with Gasteiger partial charge in [-0.05, 0) is 23.5 Å². The maximum absolute atomic E-state index is 9.08. The molecule has 0 saturated carbocycles. The predicted molar refractivity (Wildman–Crippen MR) is 86.0 cm³/mol. The van der Waals surface area contributed by atoms with E-state index in [1.54, 1.807) is 38.0 Å². The van der Waals surface area contributed by atoms with Crippen LogP contribution in [0.5, 0.6) is 0 Å². The van der Waals surface area contributed by atoms with Crippen LogP contribution in [0.25, 0.3) is 0 Å². The summed E-state index contributed by atoms with van der Waals surface area (Å²) in [6.07, 6.45) is 0. The fourth-order valence-electron chi connectivity index (χ4n) is 0.597. The summed E-state index contributed by atoms with van der Waals surface area (Å²) in [5, 5.41) is 18.2. The zero-order valence-corrected chi connectivity index (χ0v) is 13.7. The van der Waals surface area contributed by atoms with E-state index in [1.165, 1.54) is 0 Å². The zero-order valence-electron chi connectivity index (χ0n) is 10.4. The van der Waals surface area contributed by atoms with Crippen LogP contribution in [-0.4, -0.2) is 46.6 Å². The lowest BCUT2D eigenvalue weighted by Crippen LogP contribution is -2.17. The molecule has 4 nitrogen and oxygen atoms in total. The average molecular weight is 317 g/mol. The second-order valence-electron chi connectivity index (χ2n) is 3.41. The number of nitriles is 2. The quantitative estimate of drug-likeness (QED) is 0.568. The number of rotatable bonds is 2. The van der Waals surface area contributed by atoms with E-state index in [-0.39, 0.29) is 9.81 Å². The average Bonchev–Trinajstić information content (AvgIpc) is 2.32. The van der Waals surface area contributed by atoms with Crippen molar-refractivity contribution in [1.29, 1.82) is 10.5 Å². The molecule has 0 aromatic rings. The molecule has 0 bridgehead atoms. The van der Waals surface area contributed by atoms with E-state index < -0.39 is 0 Å². The van der Waals surface area contributed by atoms with E-state index in [0.717, 1.165) is 23.5 Å². The van der Waals surface area contributed by atoms with Gasteiger partial charge in [0.05, 0.1) is 0 Å². The van der Waals surface area contributed by atoms with E-state index >= 15 is 0 Å². The van der Waals surface area contributed by atoms with E-state index in [2.05, 4.69) is 0 Å². The molecule has 0 aromatic carbocycles. The Labute approximate surface area is 127 Å². The van der Waals surface area contributed by atoms with Gasteiger partial charge in [0.2, 0.25) is 0 Å². The normalized spacial score (nSPS) is 10.8. The molecule has 0 aliphatic heterocycles. The lowest BCUT2D eigenvalue weighted by Gasteiger charge is -2.14. The summed E-state index contributed by atoms with van der Waals surface area (Å²) in [5.41, 5.74) is 0. The van der Waals surface area contributed by atoms with Crippen molar-refractivity contribution in [2.75, 3.05) is 28.2 Å². The molecular weight excluding hydrogens is 304 g/mol. The number of hydrogen-bond donors (Lipinski definition) is 0. The van der Waals surface area contributed by atoms with Gasteiger partial charge >= 0.3 is 0 Å². The summed E-state index contributed by atoms with van der Waals surface area (Å²) < 4.78 is 1.05. The monoisotopic (exact) mass is 316 g/mol. The molecule has 0 spiro atoms. The molecule has 0 aliphatic carbocycles. The number of hydrogen-bond acceptors (Lipinski definition) is 6. The molecule has 0 unspecified atom stereocenters. The molecule has 0 fully saturated rings. The summed E-state index contributed by atoms with van der Waals surface area (Å²) in [6, 6.07) is 3.98. The Morgan fingerprint density at radius 2 is 1.11 bits per heavy atom. The molecule has 96 valence electrons. The molecule has 0 aliphatic rings. The molecule has 0 amide bonds. The third kappa shape index (κ3) is 5.69. The van der Waals surface area contributed by atoms with Gasteiger partial charge < -0.3 is 9.80 Å². The van der Waals surface area contributed by atoms with Crippen molar-refractivity contribution in [1.82, 2.24) is 9.80 Å². The Morgan fingerprint density at radius 1 is 0.833 bits per heavy atom. The summed E-state index contributed by atoms with van der Waals surface area (Å²) >= 11 is 12.4. The summed E-state index contributed by atoms with van der Waals surface area (Å²) in [7, 11) is 7.14. The molecule has 0 saturated heterocycles. The Bertz CT molecular complexity index is 411. The first kappa shape index (κ1) is 17.2. The van der Waals surface area contributed by atoms with Gasteiger partial charge in [-0.25, -0.2) is 0 Å². The summed E-state index contributed by atoms with van der Waals surface area (Å²) in [5.74, 6) is 0. The van der Waals surface area contributed by atoms with E-state index in [0.29, 0.717) is 8.64 Å². The molecule has 0 rings (SSSR count). The van der Waals surface area contributed by atoms with Crippen LogP contribution in [0, 0.1) is 22.7 Å². The first-order valence-corrected chi connectivity index (χ1v) is 7.11. The fourth-order valence-corrected chi connectivity index (χ4v) is 2.43. The second-order valence-corrected chi connectivity index (χ2v) is 6.70. The van der Waals surface area contributed by atoms with Gasteiger partial charge in [-0.2, -0.15) is 10.5 Å². The zero-order chi connectivity index (χ0) is 14.3. The van der Waals surface area contributed by atoms with Crippen molar-refractivity contribution >= 4 is 56.6 Å². The molecule has 0 atom stereocenters. The summed E-state index contributed by atoms with van der Waals surface area (Å²) in [4.78, 5) is 3.96. The standard InChI is InChI=1S/C10H12N4S4/c1-13(2)9(15)17-7(5-11)8(6-12)18-10(16)14(3)4/h1-4H3/b8-7+. The second kappa shape index (κ2) is 8.33. The van der Waals surface area contributed by atoms with Gasteiger partial charge in [0, 0.05) is 28.2 Å². The lowest BCUT2D eigenvalue weighted by atomic mass is 10.5. The van der Waals surface area contributed by atoms with Crippen LogP contribution in [-0.2, 0) is 0 Å². The Morgan fingerprint density at radius 3 is 1.28 bits per heavy atom. The van der Waals surface area contributed by atoms with Gasteiger partial charge in [-0.3, -0.25) is 0 Å². The highest BCUT2D eigenvalue weighted by molar-refractivity contribution is 8.28. The maximum atomic E-state index is 9.08. The third-order valence-electron chi connectivity index (χ3n) is 1.52. The van der Waals surface area contributed by atoms with Gasteiger partial charge in [0.1, 0.15) is 30.6 Å². The predicted octanol–water partition coefficient (Wildman–Crippen LogP) is 2.40. The molecule has 18 heavy (non-hydrogen) atoms. The van der Waals surface area contributed by atoms with Crippen molar-refractivity contribution in [3.63, 3.8) is 0 Å². The number of nitrogens with zero attached hydrogens (tertiary/aromatic N) is 4. The minimum absolute atomic E-state index is 0.269. The highest BCUT2D eigenvalue weighted by Gasteiger charge is 2.14. The van der Waals surface area contributed by atoms with E-state index in [4.69, 9.17) is 35.0 Å². The van der Waals surface area contributed by atoms with Crippen LogP contribution in [0.15, 0.2) is 9.81 Å². The van der Waals surface area contributed by atoms with Gasteiger partial charge in [-0.15, -0.1) is 0 Å². The first-order valence-electron chi connectivity index (χ1n) is 4.66. The van der Waals surface area contributed by atoms with Gasteiger partial charge in [0.15, 0.2) is 0 Å². The van der Waals surface area contributed by atoms with Crippen molar-refractivity contribution < 1.29 is 0 Å². The minimum atomic E-state index is 0.269. The Hall–Kier alpha value is -0.800. The molecule has 0 radical (unpaired) electrons. The number of thioether (sulfide) groups is 2. The SMILES string of the molecule is CN(C)C(=S)S/C(C#N)=C(\C#N)SC(=S)N(C)C. The Kier molecular flexibility index (Phi) is 7.96. The first-order chi connectivity index (χ1) is 8.33. The van der Waals surface area contributed by atoms with Crippen LogP contribution in [0.4, 0.5) is 0 Å². The fraction of sp³-hybridized carbons (Fsp3) is 0.400. The van der Waals surface area contributed by atoms with Gasteiger partial charge in [-0.1, -0.05) is 24.4 Å². The van der Waals surface area contributed by atoms with Crippen molar-refractivity contribution in [3.8, 4) is 12.1 Å². The number of allylic oxidation sites excluding steroid dienone is 2.